The van der Waals surface area contributed by atoms with Gasteiger partial charge in [-0.15, -0.1) is 0 Å². The summed E-state index contributed by atoms with van der Waals surface area (Å²) in [6, 6.07) is 8.19. The number of hydrogen-bond donors (Lipinski definition) is 1. The van der Waals surface area contributed by atoms with E-state index >= 15 is 0 Å². The molecule has 0 aromatic heterocycles. The van der Waals surface area contributed by atoms with Gasteiger partial charge in [0.05, 0.1) is 0 Å². The molecular formula is C16H26ClNO. The molecular weight excluding hydrogens is 258 g/mol. The third kappa shape index (κ3) is 7.56. The summed E-state index contributed by atoms with van der Waals surface area (Å²) in [6.45, 7) is 7.96. The molecule has 0 aliphatic rings. The van der Waals surface area contributed by atoms with Gasteiger partial charge in [0.2, 0.25) is 0 Å². The molecule has 2 nitrogen and oxygen atoms in total. The zero-order valence-electron chi connectivity index (χ0n) is 12.1. The van der Waals surface area contributed by atoms with Crippen molar-refractivity contribution < 1.29 is 4.74 Å². The Balaban J connectivity index is 2.43. The minimum atomic E-state index is 0.652. The molecule has 0 aliphatic carbocycles. The first-order valence-corrected chi connectivity index (χ1v) is 7.67. The minimum Gasteiger partial charge on any atom is -0.382 e. The molecule has 19 heavy (non-hydrogen) atoms. The molecule has 1 aromatic carbocycles. The number of halogens is 1. The van der Waals surface area contributed by atoms with Crippen LogP contribution >= 0.6 is 11.6 Å². The molecule has 1 aromatic rings. The molecule has 0 saturated heterocycles. The second-order valence-corrected chi connectivity index (χ2v) is 5.28. The molecule has 108 valence electrons. The first-order chi connectivity index (χ1) is 9.26. The predicted octanol–water partition coefficient (Wildman–Crippen LogP) is 3.92. The van der Waals surface area contributed by atoms with Gasteiger partial charge in [-0.25, -0.2) is 0 Å². The molecule has 3 heteroatoms. The van der Waals surface area contributed by atoms with Gasteiger partial charge in [-0.05, 0) is 62.9 Å². The van der Waals surface area contributed by atoms with Gasteiger partial charge in [-0.1, -0.05) is 30.7 Å². The van der Waals surface area contributed by atoms with Crippen LogP contribution in [0.2, 0.25) is 5.02 Å². The van der Waals surface area contributed by atoms with E-state index < -0.39 is 0 Å². The van der Waals surface area contributed by atoms with E-state index in [1.165, 1.54) is 12.0 Å². The zero-order chi connectivity index (χ0) is 13.9. The number of benzene rings is 1. The van der Waals surface area contributed by atoms with Gasteiger partial charge in [0, 0.05) is 18.2 Å². The Labute approximate surface area is 122 Å². The van der Waals surface area contributed by atoms with Crippen LogP contribution in [0.3, 0.4) is 0 Å². The van der Waals surface area contributed by atoms with Gasteiger partial charge in [0.15, 0.2) is 0 Å². The minimum absolute atomic E-state index is 0.652. The summed E-state index contributed by atoms with van der Waals surface area (Å²) in [5, 5.41) is 4.28. The Bertz CT molecular complexity index is 343. The second-order valence-electron chi connectivity index (χ2n) is 4.85. The van der Waals surface area contributed by atoms with E-state index in [0.717, 1.165) is 44.2 Å². The lowest BCUT2D eigenvalue weighted by molar-refractivity contribution is 0.139. The van der Waals surface area contributed by atoms with E-state index in [1.54, 1.807) is 0 Å². The van der Waals surface area contributed by atoms with E-state index in [1.807, 2.05) is 19.1 Å². The smallest absolute Gasteiger partial charge is 0.0466 e. The van der Waals surface area contributed by atoms with Crippen molar-refractivity contribution in [2.24, 2.45) is 5.92 Å². The molecule has 0 fully saturated rings. The molecule has 1 rings (SSSR count). The standard InChI is InChI=1S/C16H26ClNO/c1-3-18-13-15(8-6-10-19-4-2)11-14-7-5-9-16(17)12-14/h5,7,9,12,15,18H,3-4,6,8,10-11,13H2,1-2H3. The Hall–Kier alpha value is -0.570. The first kappa shape index (κ1) is 16.5. The van der Waals surface area contributed by atoms with Crippen molar-refractivity contribution >= 4 is 11.6 Å². The average Bonchev–Trinajstić information content (AvgIpc) is 2.40. The normalized spacial score (nSPS) is 12.6. The summed E-state index contributed by atoms with van der Waals surface area (Å²) in [4.78, 5) is 0. The van der Waals surface area contributed by atoms with Gasteiger partial charge in [0.1, 0.15) is 0 Å². The lowest BCUT2D eigenvalue weighted by Crippen LogP contribution is -2.24. The van der Waals surface area contributed by atoms with E-state index in [-0.39, 0.29) is 0 Å². The summed E-state index contributed by atoms with van der Waals surface area (Å²) in [6.07, 6.45) is 3.41. The quantitative estimate of drug-likeness (QED) is 0.657. The van der Waals surface area contributed by atoms with Crippen molar-refractivity contribution in [3.05, 3.63) is 34.9 Å². The molecule has 1 N–H and O–H groups in total. The lowest BCUT2D eigenvalue weighted by Gasteiger charge is -2.17. The van der Waals surface area contributed by atoms with Crippen molar-refractivity contribution in [2.75, 3.05) is 26.3 Å². The van der Waals surface area contributed by atoms with Crippen molar-refractivity contribution in [3.63, 3.8) is 0 Å². The topological polar surface area (TPSA) is 21.3 Å². The summed E-state index contributed by atoms with van der Waals surface area (Å²) in [7, 11) is 0. The second kappa shape index (κ2) is 10.2. The molecule has 0 bridgehead atoms. The Morgan fingerprint density at radius 3 is 2.84 bits per heavy atom. The maximum atomic E-state index is 6.04. The van der Waals surface area contributed by atoms with Crippen molar-refractivity contribution in [2.45, 2.75) is 33.1 Å². The molecule has 0 saturated carbocycles. The highest BCUT2D eigenvalue weighted by Gasteiger charge is 2.09. The maximum absolute atomic E-state index is 6.04. The molecule has 0 radical (unpaired) electrons. The van der Waals surface area contributed by atoms with Gasteiger partial charge >= 0.3 is 0 Å². The Morgan fingerprint density at radius 2 is 2.16 bits per heavy atom. The summed E-state index contributed by atoms with van der Waals surface area (Å²) >= 11 is 6.04. The van der Waals surface area contributed by atoms with Crippen molar-refractivity contribution in [3.8, 4) is 0 Å². The fourth-order valence-electron chi connectivity index (χ4n) is 2.24. The van der Waals surface area contributed by atoms with E-state index in [2.05, 4.69) is 24.4 Å². The van der Waals surface area contributed by atoms with Crippen LogP contribution in [0.4, 0.5) is 0 Å². The zero-order valence-corrected chi connectivity index (χ0v) is 12.9. The SMILES string of the molecule is CCNCC(CCCOCC)Cc1cccc(Cl)c1. The van der Waals surface area contributed by atoms with Gasteiger partial charge < -0.3 is 10.1 Å². The molecule has 0 amide bonds. The number of nitrogens with one attached hydrogen (secondary N) is 1. The van der Waals surface area contributed by atoms with Crippen LogP contribution in [0.15, 0.2) is 24.3 Å². The number of ether oxygens (including phenoxy) is 1. The highest BCUT2D eigenvalue weighted by atomic mass is 35.5. The largest absolute Gasteiger partial charge is 0.382 e. The van der Waals surface area contributed by atoms with Crippen LogP contribution < -0.4 is 5.32 Å². The Morgan fingerprint density at radius 1 is 1.32 bits per heavy atom. The van der Waals surface area contributed by atoms with Crippen LogP contribution in [-0.2, 0) is 11.2 Å². The first-order valence-electron chi connectivity index (χ1n) is 7.29. The third-order valence-corrected chi connectivity index (χ3v) is 3.44. The van der Waals surface area contributed by atoms with Crippen LogP contribution in [0.25, 0.3) is 0 Å². The van der Waals surface area contributed by atoms with Gasteiger partial charge in [-0.3, -0.25) is 0 Å². The van der Waals surface area contributed by atoms with E-state index in [4.69, 9.17) is 16.3 Å². The molecule has 0 heterocycles. The highest BCUT2D eigenvalue weighted by molar-refractivity contribution is 6.30. The van der Waals surface area contributed by atoms with Crippen molar-refractivity contribution in [1.82, 2.24) is 5.32 Å². The van der Waals surface area contributed by atoms with Gasteiger partial charge in [-0.2, -0.15) is 0 Å². The molecule has 0 spiro atoms. The number of rotatable bonds is 10. The third-order valence-electron chi connectivity index (χ3n) is 3.20. The van der Waals surface area contributed by atoms with E-state index in [9.17, 15) is 0 Å². The maximum Gasteiger partial charge on any atom is 0.0466 e. The number of hydrogen-bond acceptors (Lipinski definition) is 2. The highest BCUT2D eigenvalue weighted by Crippen LogP contribution is 2.17. The summed E-state index contributed by atoms with van der Waals surface area (Å²) in [5.41, 5.74) is 1.33. The fraction of sp³-hybridized carbons (Fsp3) is 0.625. The average molecular weight is 284 g/mol. The van der Waals surface area contributed by atoms with Crippen LogP contribution in [0, 0.1) is 5.92 Å². The van der Waals surface area contributed by atoms with Crippen LogP contribution in [-0.4, -0.2) is 26.3 Å². The summed E-state index contributed by atoms with van der Waals surface area (Å²) in [5.74, 6) is 0.652. The monoisotopic (exact) mass is 283 g/mol. The predicted molar refractivity (Wildman–Crippen MR) is 82.9 cm³/mol. The van der Waals surface area contributed by atoms with Crippen LogP contribution in [0.5, 0.6) is 0 Å². The molecule has 0 aliphatic heterocycles. The Kier molecular flexibility index (Phi) is 8.89. The molecule has 1 atom stereocenters. The lowest BCUT2D eigenvalue weighted by atomic mass is 9.95. The van der Waals surface area contributed by atoms with E-state index in [0.29, 0.717) is 5.92 Å². The summed E-state index contributed by atoms with van der Waals surface area (Å²) < 4.78 is 5.42. The molecule has 1 unspecified atom stereocenters. The van der Waals surface area contributed by atoms with Crippen molar-refractivity contribution in [1.29, 1.82) is 0 Å². The fourth-order valence-corrected chi connectivity index (χ4v) is 2.45. The van der Waals surface area contributed by atoms with Crippen LogP contribution in [0.1, 0.15) is 32.3 Å². The van der Waals surface area contributed by atoms with Gasteiger partial charge in [0.25, 0.3) is 0 Å².